The summed E-state index contributed by atoms with van der Waals surface area (Å²) in [5.74, 6) is 1.70. The standard InChI is InChI=1S/C22H25N3O3/c1-12-10-17(14(3)27-12)19-11-18(20-13(2)24-28-21(20)23-19)22(26)25(16-8-9-16)15-6-4-5-7-15/h10-11,15-16H,4-9H2,1-3H3. The Hall–Kier alpha value is -2.63. The molecule has 28 heavy (non-hydrogen) atoms. The zero-order chi connectivity index (χ0) is 19.4. The van der Waals surface area contributed by atoms with Crippen LogP contribution in [0, 0.1) is 20.8 Å². The fourth-order valence-electron chi connectivity index (χ4n) is 4.59. The van der Waals surface area contributed by atoms with E-state index in [0.717, 1.165) is 48.2 Å². The molecule has 0 radical (unpaired) electrons. The van der Waals surface area contributed by atoms with Crippen LogP contribution < -0.4 is 0 Å². The highest BCUT2D eigenvalue weighted by Gasteiger charge is 2.39. The second-order valence-corrected chi connectivity index (χ2v) is 8.21. The minimum absolute atomic E-state index is 0.0900. The van der Waals surface area contributed by atoms with E-state index >= 15 is 0 Å². The number of furan rings is 1. The molecule has 0 atom stereocenters. The second-order valence-electron chi connectivity index (χ2n) is 8.21. The van der Waals surface area contributed by atoms with Gasteiger partial charge in [0.2, 0.25) is 0 Å². The Kier molecular flexibility index (Phi) is 4.03. The van der Waals surface area contributed by atoms with Gasteiger partial charge in [-0.05, 0) is 58.6 Å². The van der Waals surface area contributed by atoms with Crippen molar-refractivity contribution in [3.63, 3.8) is 0 Å². The average Bonchev–Trinajstić information content (AvgIpc) is 3.05. The zero-order valence-corrected chi connectivity index (χ0v) is 16.6. The molecular weight excluding hydrogens is 354 g/mol. The molecule has 0 N–H and O–H groups in total. The molecular formula is C22H25N3O3. The third-order valence-corrected chi connectivity index (χ3v) is 6.06. The van der Waals surface area contributed by atoms with Crippen molar-refractivity contribution in [2.45, 2.75) is 71.4 Å². The highest BCUT2D eigenvalue weighted by atomic mass is 16.5. The van der Waals surface area contributed by atoms with Crippen LogP contribution in [0.1, 0.15) is 66.1 Å². The molecule has 2 aliphatic carbocycles. The minimum atomic E-state index is 0.0900. The summed E-state index contributed by atoms with van der Waals surface area (Å²) in [5.41, 5.74) is 3.36. The second kappa shape index (κ2) is 6.47. The van der Waals surface area contributed by atoms with E-state index in [1.165, 1.54) is 12.8 Å². The van der Waals surface area contributed by atoms with Crippen LogP contribution in [0.5, 0.6) is 0 Å². The molecule has 3 heterocycles. The number of carbonyl (C=O) groups is 1. The van der Waals surface area contributed by atoms with E-state index in [4.69, 9.17) is 8.94 Å². The lowest BCUT2D eigenvalue weighted by Crippen LogP contribution is -2.40. The Bertz CT molecular complexity index is 1050. The van der Waals surface area contributed by atoms with Gasteiger partial charge in [-0.25, -0.2) is 4.98 Å². The number of pyridine rings is 1. The maximum atomic E-state index is 13.8. The number of carbonyl (C=O) groups excluding carboxylic acids is 1. The third-order valence-electron chi connectivity index (χ3n) is 6.06. The van der Waals surface area contributed by atoms with Gasteiger partial charge in [-0.2, -0.15) is 0 Å². The number of aromatic nitrogens is 2. The Balaban J connectivity index is 1.65. The summed E-state index contributed by atoms with van der Waals surface area (Å²) >= 11 is 0. The first kappa shape index (κ1) is 17.5. The SMILES string of the molecule is Cc1cc(-c2cc(C(=O)N(C3CCCC3)C3CC3)c3c(C)noc3n2)c(C)o1. The van der Waals surface area contributed by atoms with E-state index in [1.807, 2.05) is 32.9 Å². The van der Waals surface area contributed by atoms with E-state index in [9.17, 15) is 4.79 Å². The van der Waals surface area contributed by atoms with Gasteiger partial charge in [-0.3, -0.25) is 4.79 Å². The molecule has 0 bridgehead atoms. The van der Waals surface area contributed by atoms with Gasteiger partial charge in [0.25, 0.3) is 11.6 Å². The predicted molar refractivity (Wildman–Crippen MR) is 105 cm³/mol. The molecule has 3 aromatic heterocycles. The number of fused-ring (bicyclic) bond motifs is 1. The van der Waals surface area contributed by atoms with Gasteiger partial charge in [0.15, 0.2) is 0 Å². The number of aryl methyl sites for hydroxylation is 3. The van der Waals surface area contributed by atoms with Gasteiger partial charge in [0.05, 0.1) is 22.3 Å². The molecule has 0 aromatic carbocycles. The topological polar surface area (TPSA) is 72.4 Å². The quantitative estimate of drug-likeness (QED) is 0.641. The Morgan fingerprint density at radius 3 is 2.43 bits per heavy atom. The maximum absolute atomic E-state index is 13.8. The van der Waals surface area contributed by atoms with E-state index in [-0.39, 0.29) is 5.91 Å². The summed E-state index contributed by atoms with van der Waals surface area (Å²) in [4.78, 5) is 20.5. The average molecular weight is 379 g/mol. The third kappa shape index (κ3) is 2.82. The van der Waals surface area contributed by atoms with Gasteiger partial charge >= 0.3 is 0 Å². The molecule has 3 aromatic rings. The molecule has 5 rings (SSSR count). The van der Waals surface area contributed by atoms with Crippen molar-refractivity contribution in [2.75, 3.05) is 0 Å². The van der Waals surface area contributed by atoms with Crippen LogP contribution in [0.2, 0.25) is 0 Å². The van der Waals surface area contributed by atoms with Gasteiger partial charge in [-0.1, -0.05) is 18.0 Å². The van der Waals surface area contributed by atoms with Crippen molar-refractivity contribution in [2.24, 2.45) is 0 Å². The van der Waals surface area contributed by atoms with Crippen LogP contribution >= 0.6 is 0 Å². The van der Waals surface area contributed by atoms with Gasteiger partial charge in [0, 0.05) is 17.6 Å². The lowest BCUT2D eigenvalue weighted by molar-refractivity contribution is 0.0666. The zero-order valence-electron chi connectivity index (χ0n) is 16.6. The maximum Gasteiger partial charge on any atom is 0.259 e. The molecule has 146 valence electrons. The highest BCUT2D eigenvalue weighted by molar-refractivity contribution is 6.07. The normalized spacial score (nSPS) is 17.5. The number of amides is 1. The summed E-state index contributed by atoms with van der Waals surface area (Å²) in [6, 6.07) is 4.58. The van der Waals surface area contributed by atoms with Crippen LogP contribution in [0.4, 0.5) is 0 Å². The summed E-state index contributed by atoms with van der Waals surface area (Å²) in [6.07, 6.45) is 6.83. The van der Waals surface area contributed by atoms with Crippen molar-refractivity contribution in [3.8, 4) is 11.3 Å². The van der Waals surface area contributed by atoms with Crippen molar-refractivity contribution in [3.05, 3.63) is 34.9 Å². The number of rotatable bonds is 4. The van der Waals surface area contributed by atoms with Crippen LogP contribution in [0.15, 0.2) is 21.1 Å². The first-order valence-electron chi connectivity index (χ1n) is 10.2. The van der Waals surface area contributed by atoms with Crippen molar-refractivity contribution < 1.29 is 13.7 Å². The Labute approximate surface area is 163 Å². The smallest absolute Gasteiger partial charge is 0.259 e. The van der Waals surface area contributed by atoms with Crippen molar-refractivity contribution in [1.82, 2.24) is 15.0 Å². The summed E-state index contributed by atoms with van der Waals surface area (Å²) in [6.45, 7) is 5.69. The van der Waals surface area contributed by atoms with E-state index in [2.05, 4.69) is 15.0 Å². The first-order valence-corrected chi connectivity index (χ1v) is 10.2. The Morgan fingerprint density at radius 1 is 1.07 bits per heavy atom. The van der Waals surface area contributed by atoms with Crippen molar-refractivity contribution >= 4 is 17.0 Å². The molecule has 1 amide bonds. The number of hydrogen-bond acceptors (Lipinski definition) is 5. The molecule has 6 heteroatoms. The monoisotopic (exact) mass is 379 g/mol. The highest BCUT2D eigenvalue weighted by Crippen LogP contribution is 2.38. The van der Waals surface area contributed by atoms with Crippen LogP contribution in [0.25, 0.3) is 22.4 Å². The van der Waals surface area contributed by atoms with E-state index in [1.54, 1.807) is 0 Å². The summed E-state index contributed by atoms with van der Waals surface area (Å²) < 4.78 is 11.1. The molecule has 0 saturated heterocycles. The lowest BCUT2D eigenvalue weighted by Gasteiger charge is -2.29. The molecule has 2 fully saturated rings. The summed E-state index contributed by atoms with van der Waals surface area (Å²) in [7, 11) is 0. The number of hydrogen-bond donors (Lipinski definition) is 0. The van der Waals surface area contributed by atoms with E-state index in [0.29, 0.717) is 34.7 Å². The minimum Gasteiger partial charge on any atom is -0.466 e. The predicted octanol–water partition coefficient (Wildman–Crippen LogP) is 4.96. The van der Waals surface area contributed by atoms with Crippen LogP contribution in [0.3, 0.4) is 0 Å². The van der Waals surface area contributed by atoms with Crippen LogP contribution in [-0.2, 0) is 0 Å². The fourth-order valence-corrected chi connectivity index (χ4v) is 4.59. The van der Waals surface area contributed by atoms with Crippen LogP contribution in [-0.4, -0.2) is 33.0 Å². The van der Waals surface area contributed by atoms with Gasteiger partial charge in [-0.15, -0.1) is 0 Å². The van der Waals surface area contributed by atoms with E-state index < -0.39 is 0 Å². The lowest BCUT2D eigenvalue weighted by atomic mass is 10.0. The first-order chi connectivity index (χ1) is 13.5. The largest absolute Gasteiger partial charge is 0.466 e. The molecule has 6 nitrogen and oxygen atoms in total. The van der Waals surface area contributed by atoms with Gasteiger partial charge < -0.3 is 13.8 Å². The molecule has 0 aliphatic heterocycles. The Morgan fingerprint density at radius 2 is 1.79 bits per heavy atom. The van der Waals surface area contributed by atoms with Gasteiger partial charge in [0.1, 0.15) is 11.5 Å². The fraction of sp³-hybridized carbons (Fsp3) is 0.500. The molecule has 2 saturated carbocycles. The summed E-state index contributed by atoms with van der Waals surface area (Å²) in [5, 5.41) is 4.82. The van der Waals surface area contributed by atoms with Crippen molar-refractivity contribution in [1.29, 1.82) is 0 Å². The molecule has 0 unspecified atom stereocenters. The molecule has 2 aliphatic rings. The molecule has 0 spiro atoms. The number of nitrogens with zero attached hydrogens (tertiary/aromatic N) is 3.